The number of ether oxygens (including phenoxy) is 1. The number of alkyl halides is 3. The second-order valence-corrected chi connectivity index (χ2v) is 5.07. The highest BCUT2D eigenvalue weighted by Gasteiger charge is 2.27. The largest absolute Gasteiger partial charge is 0.411 e. The Bertz CT molecular complexity index is 384. The molecule has 0 saturated carbocycles. The van der Waals surface area contributed by atoms with Crippen molar-refractivity contribution in [3.8, 4) is 0 Å². The van der Waals surface area contributed by atoms with Gasteiger partial charge in [-0.3, -0.25) is 0 Å². The summed E-state index contributed by atoms with van der Waals surface area (Å²) in [6, 6.07) is 7.95. The van der Waals surface area contributed by atoms with E-state index >= 15 is 0 Å². The van der Waals surface area contributed by atoms with E-state index in [9.17, 15) is 13.2 Å². The number of hydrogen-bond acceptors (Lipinski definition) is 3. The van der Waals surface area contributed by atoms with Gasteiger partial charge in [0.15, 0.2) is 0 Å². The molecular weight excluding hydrogens is 275 g/mol. The van der Waals surface area contributed by atoms with Gasteiger partial charge in [0.1, 0.15) is 6.61 Å². The molecule has 0 heterocycles. The molecule has 19 heavy (non-hydrogen) atoms. The molecule has 1 unspecified atom stereocenters. The molecule has 0 radical (unpaired) electrons. The Kier molecular flexibility index (Phi) is 6.68. The number of hydrogen-bond donors (Lipinski definition) is 1. The zero-order chi connectivity index (χ0) is 14.3. The molecule has 0 saturated heterocycles. The monoisotopic (exact) mass is 293 g/mol. The summed E-state index contributed by atoms with van der Waals surface area (Å²) >= 11 is 1.26. The maximum absolute atomic E-state index is 11.9. The zero-order valence-corrected chi connectivity index (χ0v) is 11.8. The van der Waals surface area contributed by atoms with Gasteiger partial charge in [-0.05, 0) is 31.2 Å². The summed E-state index contributed by atoms with van der Waals surface area (Å²) in [6.07, 6.45) is -4.26. The highest BCUT2D eigenvalue weighted by Crippen LogP contribution is 2.23. The van der Waals surface area contributed by atoms with Gasteiger partial charge in [-0.25, -0.2) is 0 Å². The first-order valence-corrected chi connectivity index (χ1v) is 7.01. The Morgan fingerprint density at radius 3 is 2.74 bits per heavy atom. The third kappa shape index (κ3) is 6.84. The lowest BCUT2D eigenvalue weighted by Gasteiger charge is -2.14. The van der Waals surface area contributed by atoms with E-state index in [0.717, 1.165) is 17.0 Å². The van der Waals surface area contributed by atoms with Gasteiger partial charge in [0.2, 0.25) is 0 Å². The van der Waals surface area contributed by atoms with Crippen LogP contribution in [0.25, 0.3) is 0 Å². The maximum Gasteiger partial charge on any atom is 0.411 e. The van der Waals surface area contributed by atoms with Gasteiger partial charge < -0.3 is 10.1 Å². The first kappa shape index (κ1) is 16.3. The predicted molar refractivity (Wildman–Crippen MR) is 71.3 cm³/mol. The smallest absolute Gasteiger partial charge is 0.361 e. The predicted octanol–water partition coefficient (Wildman–Crippen LogP) is 3.99. The van der Waals surface area contributed by atoms with Crippen LogP contribution in [0.1, 0.15) is 25.5 Å². The second-order valence-electron chi connectivity index (χ2n) is 4.08. The lowest BCUT2D eigenvalue weighted by molar-refractivity contribution is -0.168. The van der Waals surface area contributed by atoms with Crippen molar-refractivity contribution in [2.75, 3.05) is 19.1 Å². The third-order valence-corrected chi connectivity index (χ3v) is 3.31. The molecule has 108 valence electrons. The van der Waals surface area contributed by atoms with Crippen molar-refractivity contribution in [3.05, 3.63) is 29.8 Å². The normalized spacial score (nSPS) is 13.5. The van der Waals surface area contributed by atoms with Crippen LogP contribution in [0, 0.1) is 0 Å². The molecule has 0 aromatic heterocycles. The highest BCUT2D eigenvalue weighted by atomic mass is 32.2. The van der Waals surface area contributed by atoms with E-state index in [-0.39, 0.29) is 12.0 Å². The van der Waals surface area contributed by atoms with Crippen molar-refractivity contribution in [1.29, 1.82) is 0 Å². The number of thioether (sulfide) groups is 1. The first-order valence-electron chi connectivity index (χ1n) is 6.03. The van der Waals surface area contributed by atoms with Crippen LogP contribution in [0.4, 0.5) is 13.2 Å². The highest BCUT2D eigenvalue weighted by molar-refractivity contribution is 7.99. The van der Waals surface area contributed by atoms with Crippen LogP contribution >= 0.6 is 11.8 Å². The standard InChI is InChI=1S/C13H18F3NOS/c1-3-17-10(2)11-5-4-6-12(7-11)19-9-18-8-13(14,15)16/h4-7,10,17H,3,8-9H2,1-2H3. The molecule has 0 amide bonds. The fourth-order valence-corrected chi connectivity index (χ4v) is 2.26. The molecule has 0 aliphatic heterocycles. The Balaban J connectivity index is 2.44. The summed E-state index contributed by atoms with van der Waals surface area (Å²) in [6.45, 7) is 3.74. The van der Waals surface area contributed by atoms with Crippen LogP contribution in [0.3, 0.4) is 0 Å². The number of rotatable bonds is 7. The second kappa shape index (κ2) is 7.77. The topological polar surface area (TPSA) is 21.3 Å². The minimum Gasteiger partial charge on any atom is -0.361 e. The Morgan fingerprint density at radius 2 is 2.11 bits per heavy atom. The van der Waals surface area contributed by atoms with Gasteiger partial charge in [0.25, 0.3) is 0 Å². The number of halogens is 3. The Hall–Kier alpha value is -0.720. The average molecular weight is 293 g/mol. The summed E-state index contributed by atoms with van der Waals surface area (Å²) < 4.78 is 40.3. The van der Waals surface area contributed by atoms with E-state index in [4.69, 9.17) is 0 Å². The number of nitrogens with one attached hydrogen (secondary N) is 1. The van der Waals surface area contributed by atoms with E-state index in [1.807, 2.05) is 38.1 Å². The van der Waals surface area contributed by atoms with E-state index in [0.29, 0.717) is 0 Å². The minimum atomic E-state index is -4.26. The van der Waals surface area contributed by atoms with Gasteiger partial charge in [0, 0.05) is 10.9 Å². The molecule has 1 atom stereocenters. The minimum absolute atomic E-state index is 0.00144. The van der Waals surface area contributed by atoms with Crippen LogP contribution in [0.15, 0.2) is 29.2 Å². The van der Waals surface area contributed by atoms with E-state index in [2.05, 4.69) is 10.1 Å². The van der Waals surface area contributed by atoms with Gasteiger partial charge in [-0.2, -0.15) is 13.2 Å². The van der Waals surface area contributed by atoms with Gasteiger partial charge >= 0.3 is 6.18 Å². The maximum atomic E-state index is 11.9. The molecule has 6 heteroatoms. The molecule has 1 rings (SSSR count). The molecule has 2 nitrogen and oxygen atoms in total. The van der Waals surface area contributed by atoms with Crippen LogP contribution in [0.5, 0.6) is 0 Å². The third-order valence-electron chi connectivity index (χ3n) is 2.44. The van der Waals surface area contributed by atoms with E-state index < -0.39 is 12.8 Å². The van der Waals surface area contributed by atoms with Crippen LogP contribution in [-0.4, -0.2) is 25.3 Å². The van der Waals surface area contributed by atoms with Crippen molar-refractivity contribution in [2.24, 2.45) is 0 Å². The van der Waals surface area contributed by atoms with E-state index in [1.54, 1.807) is 0 Å². The summed E-state index contributed by atoms with van der Waals surface area (Å²) in [7, 11) is 0. The molecular formula is C13H18F3NOS. The number of benzene rings is 1. The Labute approximate surface area is 115 Å². The van der Waals surface area contributed by atoms with Crippen molar-refractivity contribution < 1.29 is 17.9 Å². The quantitative estimate of drug-likeness (QED) is 0.467. The van der Waals surface area contributed by atoms with Crippen molar-refractivity contribution >= 4 is 11.8 Å². The molecule has 1 N–H and O–H groups in total. The fourth-order valence-electron chi connectivity index (χ4n) is 1.56. The Morgan fingerprint density at radius 1 is 1.37 bits per heavy atom. The molecule has 0 aliphatic rings. The summed E-state index contributed by atoms with van der Waals surface area (Å²) in [5, 5.41) is 3.29. The molecule has 0 fully saturated rings. The molecule has 0 spiro atoms. The zero-order valence-electron chi connectivity index (χ0n) is 11.0. The van der Waals surface area contributed by atoms with Crippen molar-refractivity contribution in [1.82, 2.24) is 5.32 Å². The van der Waals surface area contributed by atoms with Crippen LogP contribution in [0.2, 0.25) is 0 Å². The van der Waals surface area contributed by atoms with E-state index in [1.165, 1.54) is 11.8 Å². The SMILES string of the molecule is CCNC(C)c1cccc(SCOCC(F)(F)F)c1. The molecule has 0 aliphatic carbocycles. The average Bonchev–Trinajstić information content (AvgIpc) is 2.34. The van der Waals surface area contributed by atoms with Gasteiger partial charge in [0.05, 0.1) is 5.94 Å². The summed E-state index contributed by atoms with van der Waals surface area (Å²) in [5.74, 6) is -0.00144. The summed E-state index contributed by atoms with van der Waals surface area (Å²) in [5.41, 5.74) is 1.11. The fraction of sp³-hybridized carbons (Fsp3) is 0.538. The van der Waals surface area contributed by atoms with Crippen LogP contribution < -0.4 is 5.32 Å². The van der Waals surface area contributed by atoms with Crippen molar-refractivity contribution in [2.45, 2.75) is 31.0 Å². The lowest BCUT2D eigenvalue weighted by atomic mass is 10.1. The van der Waals surface area contributed by atoms with Crippen molar-refractivity contribution in [3.63, 3.8) is 0 Å². The summed E-state index contributed by atoms with van der Waals surface area (Å²) in [4.78, 5) is 0.907. The molecule has 0 bridgehead atoms. The molecule has 1 aromatic rings. The first-order chi connectivity index (χ1) is 8.92. The van der Waals surface area contributed by atoms with Crippen LogP contribution in [-0.2, 0) is 4.74 Å². The molecule has 1 aromatic carbocycles. The lowest BCUT2D eigenvalue weighted by Crippen LogP contribution is -2.17. The van der Waals surface area contributed by atoms with Gasteiger partial charge in [-0.15, -0.1) is 0 Å². The van der Waals surface area contributed by atoms with Gasteiger partial charge in [-0.1, -0.05) is 30.8 Å².